The van der Waals surface area contributed by atoms with Crippen LogP contribution in [0.4, 0.5) is 11.4 Å². The van der Waals surface area contributed by atoms with Crippen molar-refractivity contribution < 1.29 is 14.3 Å². The molecule has 0 radical (unpaired) electrons. The van der Waals surface area contributed by atoms with Crippen molar-refractivity contribution in [3.8, 4) is 5.75 Å². The highest BCUT2D eigenvalue weighted by Crippen LogP contribution is 2.23. The lowest BCUT2D eigenvalue weighted by Crippen LogP contribution is -2.43. The van der Waals surface area contributed by atoms with E-state index in [9.17, 15) is 9.59 Å². The van der Waals surface area contributed by atoms with Gasteiger partial charge in [-0.25, -0.2) is 0 Å². The maximum atomic E-state index is 12.5. The number of rotatable bonds is 7. The van der Waals surface area contributed by atoms with E-state index in [1.165, 1.54) is 0 Å². The first kappa shape index (κ1) is 19.8. The molecule has 2 N–H and O–H groups in total. The van der Waals surface area contributed by atoms with Crippen molar-refractivity contribution >= 4 is 34.8 Å². The number of carbonyl (C=O) groups excluding carboxylic acids is 2. The van der Waals surface area contributed by atoms with Crippen LogP contribution in [0.25, 0.3) is 0 Å². The quantitative estimate of drug-likeness (QED) is 0.779. The van der Waals surface area contributed by atoms with Gasteiger partial charge in [0.1, 0.15) is 5.75 Å². The third-order valence-electron chi connectivity index (χ3n) is 3.95. The Labute approximate surface area is 158 Å². The van der Waals surface area contributed by atoms with E-state index in [-0.39, 0.29) is 18.4 Å². The van der Waals surface area contributed by atoms with Crippen molar-refractivity contribution in [1.82, 2.24) is 4.90 Å². The molecule has 0 bridgehead atoms. The maximum Gasteiger partial charge on any atom is 0.241 e. The standard InChI is InChI=1S/C19H22ClN3O3/c1-13(19(25)22-16-10-6-7-11-17(16)26-3)23(2)12-18(24)21-15-9-5-4-8-14(15)20/h4-11,13H,12H2,1-3H3,(H,21,24)(H,22,25)/t13-/m0/s1. The topological polar surface area (TPSA) is 70.7 Å². The van der Waals surface area contributed by atoms with Crippen LogP contribution in [0.3, 0.4) is 0 Å². The second-order valence-corrected chi connectivity index (χ2v) is 6.22. The van der Waals surface area contributed by atoms with E-state index in [4.69, 9.17) is 16.3 Å². The molecule has 2 aromatic rings. The average Bonchev–Trinajstić information content (AvgIpc) is 2.63. The Hall–Kier alpha value is -2.57. The first-order chi connectivity index (χ1) is 12.4. The Kier molecular flexibility index (Phi) is 7.00. The van der Waals surface area contributed by atoms with E-state index in [0.29, 0.717) is 22.1 Å². The lowest BCUT2D eigenvalue weighted by Gasteiger charge is -2.23. The number of likely N-dealkylation sites (N-methyl/N-ethyl adjacent to an activating group) is 1. The highest BCUT2D eigenvalue weighted by Gasteiger charge is 2.21. The van der Waals surface area contributed by atoms with Crippen LogP contribution in [0.5, 0.6) is 5.75 Å². The summed E-state index contributed by atoms with van der Waals surface area (Å²) in [6.07, 6.45) is 0. The van der Waals surface area contributed by atoms with Crippen molar-refractivity contribution in [2.75, 3.05) is 31.3 Å². The third kappa shape index (κ3) is 5.21. The zero-order valence-corrected chi connectivity index (χ0v) is 15.7. The summed E-state index contributed by atoms with van der Waals surface area (Å²) in [5.41, 5.74) is 1.12. The largest absolute Gasteiger partial charge is 0.495 e. The number of ether oxygens (including phenoxy) is 1. The lowest BCUT2D eigenvalue weighted by atomic mass is 10.2. The van der Waals surface area contributed by atoms with Crippen molar-refractivity contribution in [1.29, 1.82) is 0 Å². The fourth-order valence-electron chi connectivity index (χ4n) is 2.30. The molecule has 0 aliphatic rings. The summed E-state index contributed by atoms with van der Waals surface area (Å²) in [4.78, 5) is 26.3. The summed E-state index contributed by atoms with van der Waals surface area (Å²) in [5.74, 6) is 0.0900. The highest BCUT2D eigenvalue weighted by molar-refractivity contribution is 6.33. The van der Waals surface area contributed by atoms with E-state index >= 15 is 0 Å². The molecule has 0 aliphatic heterocycles. The smallest absolute Gasteiger partial charge is 0.241 e. The monoisotopic (exact) mass is 375 g/mol. The Morgan fingerprint density at radius 3 is 2.35 bits per heavy atom. The normalized spacial score (nSPS) is 11.7. The van der Waals surface area contributed by atoms with Crippen molar-refractivity contribution in [3.05, 3.63) is 53.6 Å². The zero-order valence-electron chi connectivity index (χ0n) is 15.0. The number of benzene rings is 2. The molecule has 0 aromatic heterocycles. The van der Waals surface area contributed by atoms with Gasteiger partial charge in [-0.05, 0) is 38.2 Å². The number of carbonyl (C=O) groups is 2. The molecule has 7 heteroatoms. The molecule has 0 spiro atoms. The van der Waals surface area contributed by atoms with E-state index in [1.807, 2.05) is 12.1 Å². The molecule has 0 unspecified atom stereocenters. The molecule has 0 saturated carbocycles. The van der Waals surface area contributed by atoms with Crippen LogP contribution in [-0.2, 0) is 9.59 Å². The zero-order chi connectivity index (χ0) is 19.1. The summed E-state index contributed by atoms with van der Waals surface area (Å²) in [5, 5.41) is 6.02. The first-order valence-corrected chi connectivity index (χ1v) is 8.48. The number of anilines is 2. The van der Waals surface area contributed by atoms with Gasteiger partial charge in [0.05, 0.1) is 36.1 Å². The molecule has 138 valence electrons. The van der Waals surface area contributed by atoms with E-state index in [1.54, 1.807) is 62.4 Å². The first-order valence-electron chi connectivity index (χ1n) is 8.11. The minimum atomic E-state index is -0.517. The van der Waals surface area contributed by atoms with E-state index in [2.05, 4.69) is 10.6 Å². The van der Waals surface area contributed by atoms with Gasteiger partial charge in [0.25, 0.3) is 0 Å². The minimum absolute atomic E-state index is 0.0474. The van der Waals surface area contributed by atoms with Gasteiger partial charge >= 0.3 is 0 Å². The molecule has 2 amide bonds. The fraction of sp³-hybridized carbons (Fsp3) is 0.263. The van der Waals surface area contributed by atoms with Crippen molar-refractivity contribution in [2.45, 2.75) is 13.0 Å². The van der Waals surface area contributed by atoms with Crippen LogP contribution in [0.2, 0.25) is 5.02 Å². The number of methoxy groups -OCH3 is 1. The third-order valence-corrected chi connectivity index (χ3v) is 4.28. The van der Waals surface area contributed by atoms with Crippen molar-refractivity contribution in [3.63, 3.8) is 0 Å². The van der Waals surface area contributed by atoms with Crippen LogP contribution in [-0.4, -0.2) is 43.5 Å². The number of amides is 2. The predicted octanol–water partition coefficient (Wildman–Crippen LogP) is 3.25. The van der Waals surface area contributed by atoms with Gasteiger partial charge in [-0.2, -0.15) is 0 Å². The van der Waals surface area contributed by atoms with Gasteiger partial charge in [-0.1, -0.05) is 35.9 Å². The van der Waals surface area contributed by atoms with Crippen LogP contribution in [0.1, 0.15) is 6.92 Å². The van der Waals surface area contributed by atoms with Crippen LogP contribution in [0.15, 0.2) is 48.5 Å². The Balaban J connectivity index is 1.93. The van der Waals surface area contributed by atoms with Gasteiger partial charge in [0.2, 0.25) is 11.8 Å². The van der Waals surface area contributed by atoms with Crippen LogP contribution in [0, 0.1) is 0 Å². The summed E-state index contributed by atoms with van der Waals surface area (Å²) in [6, 6.07) is 13.6. The van der Waals surface area contributed by atoms with Crippen LogP contribution >= 0.6 is 11.6 Å². The minimum Gasteiger partial charge on any atom is -0.495 e. The summed E-state index contributed by atoms with van der Waals surface area (Å²) >= 11 is 6.03. The molecule has 0 saturated heterocycles. The van der Waals surface area contributed by atoms with Gasteiger partial charge in [0, 0.05) is 0 Å². The molecule has 26 heavy (non-hydrogen) atoms. The summed E-state index contributed by atoms with van der Waals surface area (Å²) in [6.45, 7) is 1.78. The highest BCUT2D eigenvalue weighted by atomic mass is 35.5. The van der Waals surface area contributed by atoms with E-state index < -0.39 is 6.04 Å². The Bertz CT molecular complexity index is 782. The molecule has 0 heterocycles. The molecule has 2 aromatic carbocycles. The van der Waals surface area contributed by atoms with Gasteiger partial charge in [-0.15, -0.1) is 0 Å². The predicted molar refractivity (Wildman–Crippen MR) is 104 cm³/mol. The van der Waals surface area contributed by atoms with Gasteiger partial charge in [-0.3, -0.25) is 14.5 Å². The van der Waals surface area contributed by atoms with Gasteiger partial charge in [0.15, 0.2) is 0 Å². The molecule has 1 atom stereocenters. The fourth-order valence-corrected chi connectivity index (χ4v) is 2.48. The summed E-state index contributed by atoms with van der Waals surface area (Å²) < 4.78 is 5.22. The number of halogens is 1. The maximum absolute atomic E-state index is 12.5. The molecule has 6 nitrogen and oxygen atoms in total. The van der Waals surface area contributed by atoms with Crippen LogP contribution < -0.4 is 15.4 Å². The average molecular weight is 376 g/mol. The van der Waals surface area contributed by atoms with E-state index in [0.717, 1.165) is 0 Å². The number of hydrogen-bond donors (Lipinski definition) is 2. The lowest BCUT2D eigenvalue weighted by molar-refractivity contribution is -0.122. The number of nitrogens with zero attached hydrogens (tertiary/aromatic N) is 1. The second-order valence-electron chi connectivity index (χ2n) is 5.81. The number of nitrogens with one attached hydrogen (secondary N) is 2. The SMILES string of the molecule is COc1ccccc1NC(=O)[C@H](C)N(C)CC(=O)Nc1ccccc1Cl. The molecule has 0 fully saturated rings. The number of hydrogen-bond acceptors (Lipinski definition) is 4. The van der Waals surface area contributed by atoms with Crippen molar-refractivity contribution in [2.24, 2.45) is 0 Å². The Morgan fingerprint density at radius 1 is 1.08 bits per heavy atom. The second kappa shape index (κ2) is 9.22. The molecular formula is C19H22ClN3O3. The molecule has 2 rings (SSSR count). The Morgan fingerprint density at radius 2 is 1.69 bits per heavy atom. The number of para-hydroxylation sites is 3. The van der Waals surface area contributed by atoms with Gasteiger partial charge < -0.3 is 15.4 Å². The molecule has 0 aliphatic carbocycles. The summed E-state index contributed by atoms with van der Waals surface area (Å²) in [7, 11) is 3.25. The molecular weight excluding hydrogens is 354 g/mol.